The Morgan fingerprint density at radius 2 is 1.96 bits per heavy atom. The van der Waals surface area contributed by atoms with E-state index in [1.165, 1.54) is 0 Å². The molecular weight excluding hydrogens is 405 g/mol. The van der Waals surface area contributed by atoms with Crippen molar-refractivity contribution >= 4 is 29.9 Å². The van der Waals surface area contributed by atoms with Crippen LogP contribution in [0, 0.1) is 0 Å². The molecule has 2 N–H and O–H groups in total. The summed E-state index contributed by atoms with van der Waals surface area (Å²) in [6.07, 6.45) is 1.63. The van der Waals surface area contributed by atoms with Gasteiger partial charge in [0.05, 0.1) is 12.4 Å². The highest BCUT2D eigenvalue weighted by atomic mass is 127. The molecule has 1 aromatic carbocycles. The zero-order chi connectivity index (χ0) is 15.6. The quantitative estimate of drug-likeness (QED) is 0.403. The van der Waals surface area contributed by atoms with Gasteiger partial charge in [0.2, 0.25) is 0 Å². The number of aliphatic imine (C=N–C) groups is 1. The molecular formula is C17H24IN3O2. The monoisotopic (exact) mass is 429 g/mol. The molecule has 1 heterocycles. The molecule has 0 amide bonds. The predicted molar refractivity (Wildman–Crippen MR) is 103 cm³/mol. The van der Waals surface area contributed by atoms with Gasteiger partial charge >= 0.3 is 0 Å². The van der Waals surface area contributed by atoms with E-state index in [0.717, 1.165) is 23.8 Å². The van der Waals surface area contributed by atoms with Crippen LogP contribution in [0.3, 0.4) is 0 Å². The number of nitrogens with one attached hydrogen (secondary N) is 2. The highest BCUT2D eigenvalue weighted by molar-refractivity contribution is 14.0. The second kappa shape index (κ2) is 11.1. The molecule has 1 aromatic heterocycles. The molecule has 0 radical (unpaired) electrons. The standard InChI is InChI=1S/C17H23N3O2.HI/c1-3-18-17(19-12-15-10-7-11-22-15)20-13-16(21-2)14-8-5-4-6-9-14;/h4-11,16H,3,12-13H2,1-2H3,(H2,18,19,20);1H. The van der Waals surface area contributed by atoms with Crippen molar-refractivity contribution in [3.63, 3.8) is 0 Å². The summed E-state index contributed by atoms with van der Waals surface area (Å²) in [6.45, 7) is 3.98. The van der Waals surface area contributed by atoms with Gasteiger partial charge < -0.3 is 19.8 Å². The largest absolute Gasteiger partial charge is 0.467 e. The summed E-state index contributed by atoms with van der Waals surface area (Å²) in [5, 5.41) is 6.52. The molecule has 6 heteroatoms. The van der Waals surface area contributed by atoms with Gasteiger partial charge in [-0.15, -0.1) is 24.0 Å². The summed E-state index contributed by atoms with van der Waals surface area (Å²) in [6, 6.07) is 13.9. The van der Waals surface area contributed by atoms with E-state index >= 15 is 0 Å². The number of methoxy groups -OCH3 is 1. The Balaban J connectivity index is 0.00000264. The number of hydrogen-bond acceptors (Lipinski definition) is 3. The van der Waals surface area contributed by atoms with Crippen molar-refractivity contribution in [2.24, 2.45) is 4.99 Å². The van der Waals surface area contributed by atoms with Crippen LogP contribution in [0.1, 0.15) is 24.4 Å². The van der Waals surface area contributed by atoms with Gasteiger partial charge in [0.1, 0.15) is 12.3 Å². The lowest BCUT2D eigenvalue weighted by molar-refractivity contribution is 0.106. The molecule has 126 valence electrons. The lowest BCUT2D eigenvalue weighted by Gasteiger charge is -2.18. The molecule has 0 saturated heterocycles. The number of benzene rings is 1. The van der Waals surface area contributed by atoms with E-state index in [1.807, 2.05) is 37.3 Å². The molecule has 0 aliphatic carbocycles. The zero-order valence-electron chi connectivity index (χ0n) is 13.5. The fraction of sp³-hybridized carbons (Fsp3) is 0.353. The fourth-order valence-electron chi connectivity index (χ4n) is 2.10. The molecule has 5 nitrogen and oxygen atoms in total. The van der Waals surface area contributed by atoms with Crippen LogP contribution in [0.4, 0.5) is 0 Å². The molecule has 0 fully saturated rings. The first-order chi connectivity index (χ1) is 10.8. The van der Waals surface area contributed by atoms with Crippen LogP contribution in [0.5, 0.6) is 0 Å². The average molecular weight is 429 g/mol. The highest BCUT2D eigenvalue weighted by Gasteiger charge is 2.10. The maximum absolute atomic E-state index is 5.55. The molecule has 0 saturated carbocycles. The Hall–Kier alpha value is -1.54. The van der Waals surface area contributed by atoms with E-state index in [1.54, 1.807) is 13.4 Å². The number of hydrogen-bond donors (Lipinski definition) is 2. The Bertz CT molecular complexity index is 558. The minimum Gasteiger partial charge on any atom is -0.467 e. The van der Waals surface area contributed by atoms with Crippen LogP contribution >= 0.6 is 24.0 Å². The first-order valence-corrected chi connectivity index (χ1v) is 7.45. The lowest BCUT2D eigenvalue weighted by Crippen LogP contribution is -2.39. The Labute approximate surface area is 154 Å². The van der Waals surface area contributed by atoms with E-state index in [0.29, 0.717) is 13.1 Å². The first kappa shape index (κ1) is 19.5. The van der Waals surface area contributed by atoms with Crippen LogP contribution in [-0.2, 0) is 11.3 Å². The number of rotatable bonds is 7. The van der Waals surface area contributed by atoms with E-state index in [2.05, 4.69) is 27.8 Å². The number of nitrogens with zero attached hydrogens (tertiary/aromatic N) is 1. The van der Waals surface area contributed by atoms with Gasteiger partial charge in [0.15, 0.2) is 5.96 Å². The SMILES string of the molecule is CCNC(=NCc1ccco1)NCC(OC)c1ccccc1.I. The van der Waals surface area contributed by atoms with Gasteiger partial charge in [0.25, 0.3) is 0 Å². The molecule has 0 bridgehead atoms. The molecule has 2 aromatic rings. The van der Waals surface area contributed by atoms with Crippen LogP contribution in [0.25, 0.3) is 0 Å². The van der Waals surface area contributed by atoms with Gasteiger partial charge in [-0.1, -0.05) is 30.3 Å². The summed E-state index contributed by atoms with van der Waals surface area (Å²) in [5.74, 6) is 1.58. The van der Waals surface area contributed by atoms with Crippen LogP contribution in [-0.4, -0.2) is 26.2 Å². The van der Waals surface area contributed by atoms with Gasteiger partial charge in [-0.3, -0.25) is 0 Å². The lowest BCUT2D eigenvalue weighted by atomic mass is 10.1. The van der Waals surface area contributed by atoms with Crippen molar-refractivity contribution in [1.29, 1.82) is 0 Å². The summed E-state index contributed by atoms with van der Waals surface area (Å²) in [4.78, 5) is 4.50. The molecule has 0 aliphatic rings. The molecule has 2 rings (SSSR count). The van der Waals surface area contributed by atoms with E-state index in [9.17, 15) is 0 Å². The third kappa shape index (κ3) is 6.62. The normalized spacial score (nSPS) is 12.3. The van der Waals surface area contributed by atoms with Crippen molar-refractivity contribution in [3.8, 4) is 0 Å². The van der Waals surface area contributed by atoms with Crippen LogP contribution in [0.15, 0.2) is 58.1 Å². The minimum atomic E-state index is -0.0198. The van der Waals surface area contributed by atoms with Gasteiger partial charge in [-0.2, -0.15) is 0 Å². The Morgan fingerprint density at radius 1 is 1.17 bits per heavy atom. The topological polar surface area (TPSA) is 58.8 Å². The summed E-state index contributed by atoms with van der Waals surface area (Å²) < 4.78 is 10.8. The minimum absolute atomic E-state index is 0. The summed E-state index contributed by atoms with van der Waals surface area (Å²) >= 11 is 0. The molecule has 0 spiro atoms. The fourth-order valence-corrected chi connectivity index (χ4v) is 2.10. The van der Waals surface area contributed by atoms with E-state index < -0.39 is 0 Å². The van der Waals surface area contributed by atoms with Crippen molar-refractivity contribution in [3.05, 3.63) is 60.1 Å². The smallest absolute Gasteiger partial charge is 0.191 e. The molecule has 23 heavy (non-hydrogen) atoms. The van der Waals surface area contributed by atoms with Crippen molar-refractivity contribution in [2.45, 2.75) is 19.6 Å². The maximum atomic E-state index is 5.55. The van der Waals surface area contributed by atoms with Crippen LogP contribution < -0.4 is 10.6 Å². The second-order valence-electron chi connectivity index (χ2n) is 4.79. The number of guanidine groups is 1. The maximum Gasteiger partial charge on any atom is 0.191 e. The highest BCUT2D eigenvalue weighted by Crippen LogP contribution is 2.14. The van der Waals surface area contributed by atoms with Crippen LogP contribution in [0.2, 0.25) is 0 Å². The first-order valence-electron chi connectivity index (χ1n) is 7.45. The van der Waals surface area contributed by atoms with Gasteiger partial charge in [-0.25, -0.2) is 4.99 Å². The Morgan fingerprint density at radius 3 is 2.57 bits per heavy atom. The average Bonchev–Trinajstić information content (AvgIpc) is 3.07. The van der Waals surface area contributed by atoms with Gasteiger partial charge in [-0.05, 0) is 24.6 Å². The van der Waals surface area contributed by atoms with Crippen molar-refractivity contribution in [2.75, 3.05) is 20.2 Å². The third-order valence-corrected chi connectivity index (χ3v) is 3.23. The molecule has 0 aliphatic heterocycles. The van der Waals surface area contributed by atoms with Crippen molar-refractivity contribution in [1.82, 2.24) is 10.6 Å². The predicted octanol–water partition coefficient (Wildman–Crippen LogP) is 3.34. The zero-order valence-corrected chi connectivity index (χ0v) is 15.8. The number of furan rings is 1. The summed E-state index contributed by atoms with van der Waals surface area (Å²) in [7, 11) is 1.71. The number of ether oxygens (including phenoxy) is 1. The summed E-state index contributed by atoms with van der Waals surface area (Å²) in [5.41, 5.74) is 1.14. The van der Waals surface area contributed by atoms with E-state index in [-0.39, 0.29) is 30.1 Å². The molecule has 1 atom stereocenters. The molecule has 1 unspecified atom stereocenters. The third-order valence-electron chi connectivity index (χ3n) is 3.23. The number of halogens is 1. The van der Waals surface area contributed by atoms with E-state index in [4.69, 9.17) is 9.15 Å². The van der Waals surface area contributed by atoms with Crippen molar-refractivity contribution < 1.29 is 9.15 Å². The Kier molecular flexibility index (Phi) is 9.39. The van der Waals surface area contributed by atoms with Gasteiger partial charge in [0, 0.05) is 20.2 Å². The second-order valence-corrected chi connectivity index (χ2v) is 4.79.